The Morgan fingerprint density at radius 1 is 0.917 bits per heavy atom. The molecule has 0 heterocycles. The van der Waals surface area contributed by atoms with Crippen LogP contribution in [0.1, 0.15) is 5.56 Å². The molecule has 0 atom stereocenters. The number of benzene rings is 1. The lowest BCUT2D eigenvalue weighted by atomic mass is 10.2. The molecule has 1 rings (SSSR count). The van der Waals surface area contributed by atoms with E-state index in [0.29, 0.717) is 15.1 Å². The van der Waals surface area contributed by atoms with Crippen LogP contribution in [0.2, 0.25) is 15.1 Å². The van der Waals surface area contributed by atoms with Crippen LogP contribution in [0.5, 0.6) is 0 Å². The predicted octanol–water partition coefficient (Wildman–Crippen LogP) is 4.86. The first kappa shape index (κ1) is 10.2. The molecule has 0 N–H and O–H groups in total. The normalized spacial score (nSPS) is 11.0. The van der Waals surface area contributed by atoms with E-state index in [4.69, 9.17) is 46.4 Å². The van der Waals surface area contributed by atoms with Crippen LogP contribution in [0.4, 0.5) is 0 Å². The molecule has 0 unspecified atom stereocenters. The molecule has 0 radical (unpaired) electrons. The van der Waals surface area contributed by atoms with Gasteiger partial charge in [-0.15, -0.1) is 0 Å². The molecular formula is C8H4Cl4. The smallest absolute Gasteiger partial charge is 0.0607 e. The van der Waals surface area contributed by atoms with E-state index in [0.717, 1.165) is 5.56 Å². The molecule has 0 bridgehead atoms. The Morgan fingerprint density at radius 2 is 1.50 bits per heavy atom. The standard InChI is InChI=1S/C8H4Cl4/c9-2-1-5-3-7(11)8(12)4-6(5)10/h1-4H/b2-1+. The molecular weight excluding hydrogens is 238 g/mol. The topological polar surface area (TPSA) is 0 Å². The summed E-state index contributed by atoms with van der Waals surface area (Å²) in [6, 6.07) is 3.24. The lowest BCUT2D eigenvalue weighted by Crippen LogP contribution is -1.76. The average molecular weight is 242 g/mol. The number of hydrogen-bond donors (Lipinski definition) is 0. The van der Waals surface area contributed by atoms with Crippen molar-refractivity contribution < 1.29 is 0 Å². The Morgan fingerprint density at radius 3 is 2.08 bits per heavy atom. The van der Waals surface area contributed by atoms with Crippen LogP contribution in [-0.2, 0) is 0 Å². The SMILES string of the molecule is Cl/C=C/c1cc(Cl)c(Cl)cc1Cl. The van der Waals surface area contributed by atoms with Crippen LogP contribution in [0.15, 0.2) is 17.7 Å². The maximum Gasteiger partial charge on any atom is 0.0607 e. The van der Waals surface area contributed by atoms with Gasteiger partial charge in [-0.05, 0) is 23.8 Å². The van der Waals surface area contributed by atoms with Crippen molar-refractivity contribution in [3.63, 3.8) is 0 Å². The van der Waals surface area contributed by atoms with Crippen LogP contribution in [0.25, 0.3) is 6.08 Å². The summed E-state index contributed by atoms with van der Waals surface area (Å²) in [7, 11) is 0. The molecule has 0 aliphatic heterocycles. The Kier molecular flexibility index (Phi) is 3.73. The minimum Gasteiger partial charge on any atom is -0.0929 e. The second-order valence-electron chi connectivity index (χ2n) is 2.08. The van der Waals surface area contributed by atoms with Crippen LogP contribution in [0.3, 0.4) is 0 Å². The van der Waals surface area contributed by atoms with Crippen LogP contribution in [0, 0.1) is 0 Å². The monoisotopic (exact) mass is 240 g/mol. The molecule has 64 valence electrons. The second-order valence-corrected chi connectivity index (χ2v) is 3.55. The maximum atomic E-state index is 5.83. The van der Waals surface area contributed by atoms with Gasteiger partial charge in [0.05, 0.1) is 10.0 Å². The van der Waals surface area contributed by atoms with Crippen molar-refractivity contribution in [2.75, 3.05) is 0 Å². The molecule has 4 heteroatoms. The Labute approximate surface area is 90.7 Å². The van der Waals surface area contributed by atoms with Crippen molar-refractivity contribution in [1.29, 1.82) is 0 Å². The molecule has 0 aromatic heterocycles. The van der Waals surface area contributed by atoms with E-state index >= 15 is 0 Å². The van der Waals surface area contributed by atoms with Crippen molar-refractivity contribution in [3.8, 4) is 0 Å². The highest BCUT2D eigenvalue weighted by atomic mass is 35.5. The summed E-state index contributed by atoms with van der Waals surface area (Å²) in [6.45, 7) is 0. The Bertz CT molecular complexity index is 317. The Hall–Kier alpha value is 0.120. The van der Waals surface area contributed by atoms with Gasteiger partial charge in [-0.2, -0.15) is 0 Å². The van der Waals surface area contributed by atoms with Crippen molar-refractivity contribution in [3.05, 3.63) is 38.3 Å². The van der Waals surface area contributed by atoms with E-state index in [1.54, 1.807) is 18.2 Å². The molecule has 0 aliphatic rings. The lowest BCUT2D eigenvalue weighted by molar-refractivity contribution is 1.65. The molecule has 0 nitrogen and oxygen atoms in total. The fourth-order valence-corrected chi connectivity index (χ4v) is 1.49. The molecule has 0 aliphatic carbocycles. The largest absolute Gasteiger partial charge is 0.0929 e. The van der Waals surface area contributed by atoms with Gasteiger partial charge in [-0.3, -0.25) is 0 Å². The zero-order valence-corrected chi connectivity index (χ0v) is 8.84. The van der Waals surface area contributed by atoms with Gasteiger partial charge in [0.25, 0.3) is 0 Å². The minimum absolute atomic E-state index is 0.438. The van der Waals surface area contributed by atoms with Crippen molar-refractivity contribution in [2.24, 2.45) is 0 Å². The highest BCUT2D eigenvalue weighted by molar-refractivity contribution is 6.43. The van der Waals surface area contributed by atoms with Gasteiger partial charge in [0.2, 0.25) is 0 Å². The average Bonchev–Trinajstić information content (AvgIpc) is 2.01. The molecule has 0 saturated carbocycles. The van der Waals surface area contributed by atoms with Crippen LogP contribution >= 0.6 is 46.4 Å². The van der Waals surface area contributed by atoms with Crippen LogP contribution in [-0.4, -0.2) is 0 Å². The fraction of sp³-hybridized carbons (Fsp3) is 0. The van der Waals surface area contributed by atoms with E-state index in [1.165, 1.54) is 5.54 Å². The summed E-state index contributed by atoms with van der Waals surface area (Å²) in [5.41, 5.74) is 2.12. The predicted molar refractivity (Wildman–Crippen MR) is 56.4 cm³/mol. The third-order valence-corrected chi connectivity index (χ3v) is 2.46. The zero-order chi connectivity index (χ0) is 9.14. The highest BCUT2D eigenvalue weighted by Crippen LogP contribution is 2.29. The van der Waals surface area contributed by atoms with Gasteiger partial charge >= 0.3 is 0 Å². The molecule has 1 aromatic rings. The Balaban J connectivity index is 3.23. The van der Waals surface area contributed by atoms with E-state index in [-0.39, 0.29) is 0 Å². The summed E-state index contributed by atoms with van der Waals surface area (Å²) < 4.78 is 0. The first-order valence-corrected chi connectivity index (χ1v) is 4.63. The third-order valence-electron chi connectivity index (χ3n) is 1.28. The number of halogens is 4. The fourth-order valence-electron chi connectivity index (χ4n) is 0.734. The summed E-state index contributed by atoms with van der Waals surface area (Å²) in [5.74, 6) is 0. The van der Waals surface area contributed by atoms with Gasteiger partial charge in [-0.1, -0.05) is 46.4 Å². The quantitative estimate of drug-likeness (QED) is 0.617. The second kappa shape index (κ2) is 4.38. The van der Waals surface area contributed by atoms with E-state index in [1.807, 2.05) is 0 Å². The first-order chi connectivity index (χ1) is 5.65. The molecule has 0 spiro atoms. The summed E-state index contributed by atoms with van der Waals surface area (Å²) in [4.78, 5) is 0. The number of hydrogen-bond acceptors (Lipinski definition) is 0. The molecule has 0 fully saturated rings. The molecule has 0 amide bonds. The van der Waals surface area contributed by atoms with Gasteiger partial charge in [0, 0.05) is 10.6 Å². The van der Waals surface area contributed by atoms with E-state index in [2.05, 4.69) is 0 Å². The minimum atomic E-state index is 0.438. The van der Waals surface area contributed by atoms with Crippen molar-refractivity contribution >= 4 is 52.5 Å². The molecule has 1 aromatic carbocycles. The summed E-state index contributed by atoms with van der Waals surface area (Å²) >= 11 is 22.7. The van der Waals surface area contributed by atoms with E-state index in [9.17, 15) is 0 Å². The van der Waals surface area contributed by atoms with Gasteiger partial charge in [0.15, 0.2) is 0 Å². The summed E-state index contributed by atoms with van der Waals surface area (Å²) in [5, 5.41) is 1.43. The van der Waals surface area contributed by atoms with Crippen molar-refractivity contribution in [1.82, 2.24) is 0 Å². The van der Waals surface area contributed by atoms with Gasteiger partial charge in [-0.25, -0.2) is 0 Å². The maximum absolute atomic E-state index is 5.83. The van der Waals surface area contributed by atoms with Crippen LogP contribution < -0.4 is 0 Å². The number of rotatable bonds is 1. The molecule has 0 saturated heterocycles. The lowest BCUT2D eigenvalue weighted by Gasteiger charge is -2.00. The highest BCUT2D eigenvalue weighted by Gasteiger charge is 2.02. The molecule has 12 heavy (non-hydrogen) atoms. The summed E-state index contributed by atoms with van der Waals surface area (Å²) in [6.07, 6.45) is 1.64. The van der Waals surface area contributed by atoms with Gasteiger partial charge < -0.3 is 0 Å². The van der Waals surface area contributed by atoms with Crippen molar-refractivity contribution in [2.45, 2.75) is 0 Å². The first-order valence-electron chi connectivity index (χ1n) is 3.06. The third kappa shape index (κ3) is 2.30. The zero-order valence-electron chi connectivity index (χ0n) is 5.82. The van der Waals surface area contributed by atoms with Gasteiger partial charge in [0.1, 0.15) is 0 Å². The van der Waals surface area contributed by atoms with E-state index < -0.39 is 0 Å².